The molecule has 5 atom stereocenters. The number of aliphatic hydroxyl groups excluding tert-OH is 2. The molecule has 6 aliphatic rings. The second kappa shape index (κ2) is 37.5. The van der Waals surface area contributed by atoms with E-state index in [1.807, 2.05) is 41.5 Å². The van der Waals surface area contributed by atoms with Crippen molar-refractivity contribution < 1.29 is 92.4 Å². The monoisotopic (exact) mass is 1100 g/mol. The van der Waals surface area contributed by atoms with Gasteiger partial charge in [0.25, 0.3) is 0 Å². The number of likely N-dealkylation sites (tertiary alicyclic amines) is 4. The Morgan fingerprint density at radius 2 is 1.04 bits per heavy atom. The van der Waals surface area contributed by atoms with Gasteiger partial charge in [0, 0.05) is 67.3 Å². The third-order valence-electron chi connectivity index (χ3n) is 10.6. The van der Waals surface area contributed by atoms with Crippen molar-refractivity contribution >= 4 is 45.0 Å². The topological polar surface area (TPSA) is 258 Å². The predicted octanol–water partition coefficient (Wildman–Crippen LogP) is 4.26. The number of carbonyl (C=O) groups is 6. The van der Waals surface area contributed by atoms with Crippen LogP contribution in [-0.4, -0.2) is 207 Å². The maximum Gasteiger partial charge on any atom is 1.00 e. The van der Waals surface area contributed by atoms with Crippen molar-refractivity contribution in [1.82, 2.24) is 24.9 Å². The van der Waals surface area contributed by atoms with Crippen molar-refractivity contribution in [1.29, 1.82) is 0 Å². The van der Waals surface area contributed by atoms with Gasteiger partial charge >= 0.3 is 49.2 Å². The number of carbonyl (C=O) groups excluding carboxylic acids is 6. The van der Waals surface area contributed by atoms with Crippen molar-refractivity contribution in [3.05, 3.63) is 48.6 Å². The SMILES string of the molecule is C.C.C1CCOC1.C=C1C[C@@H](C(=O)OC)N(C(=O)OC(C)(C)C)C1.C=C1C[C@@H](C2NCCO2)N(C(=O)OC(C)(C)C)C1.C=C1C[C@@H](C=O)N(C(=O)OC(C)(C)C)C1.C=C1C[C@@H](CO)N(C(=O)OC(C)(C)C)C1.NCCO.[B].[H-].[Li+]. The van der Waals surface area contributed by atoms with Crippen LogP contribution in [0, 0.1) is 0 Å². The van der Waals surface area contributed by atoms with Gasteiger partial charge in [-0.3, -0.25) is 24.9 Å². The molecule has 5 N–H and O–H groups in total. The first-order valence-electron chi connectivity index (χ1n) is 25.2. The number of esters is 1. The molecule has 445 valence electrons. The van der Waals surface area contributed by atoms with Crippen LogP contribution < -0.4 is 29.9 Å². The number of rotatable bonds is 5. The summed E-state index contributed by atoms with van der Waals surface area (Å²) in [6.07, 6.45) is 4.02. The number of methoxy groups -OCH3 is 1. The van der Waals surface area contributed by atoms with Gasteiger partial charge in [-0.15, -0.1) is 0 Å². The molecular formula is C55H101BLiN6O15. The van der Waals surface area contributed by atoms with E-state index in [0.717, 1.165) is 54.8 Å². The molecule has 23 heteroatoms. The maximum atomic E-state index is 12.2. The maximum absolute atomic E-state index is 12.2. The molecule has 0 aromatic heterocycles. The standard InChI is InChI=1S/C13H22N2O3.C12H19NO4.C11H19NO3.C11H17NO3.C4H8O.C2H7NO.2CH4.B.Li.H/c1-9-7-10(11-14-5-6-17-11)15(8-9)12(16)18-13(2,3)4;1-8-6-9(10(14)16-5)13(7-8)11(15)17-12(2,3)4;2*1-8-5-9(7-13)12(6-8)10(14)15-11(2,3)4;1-2-4-5-3-1;3-1-2-4;;;;;/h10-11,14H,1,5-8H2,2-4H3;9H,1,6-7H2,2-5H3;9,13H,1,5-7H2,2-4H3;7,9H,1,5-6H2,2-4H3;1-4H2;4H,1-3H2;2*1H4;;;/q;;;;;;;;;+1;-1/t10-,11?;3*9-;;;;;;;/m0000......./s1. The van der Waals surface area contributed by atoms with Gasteiger partial charge in [-0.25, -0.2) is 24.0 Å². The van der Waals surface area contributed by atoms with Crippen LogP contribution in [0.2, 0.25) is 0 Å². The quantitative estimate of drug-likeness (QED) is 0.0986. The fraction of sp³-hybridized carbons (Fsp3) is 0.745. The Morgan fingerprint density at radius 1 is 0.654 bits per heavy atom. The number of aldehydes is 1. The largest absolute Gasteiger partial charge is 1.00 e. The van der Waals surface area contributed by atoms with Crippen LogP contribution in [0.1, 0.15) is 138 Å². The van der Waals surface area contributed by atoms with Gasteiger partial charge in [0.1, 0.15) is 41.0 Å². The van der Waals surface area contributed by atoms with Crippen LogP contribution in [0.25, 0.3) is 0 Å². The van der Waals surface area contributed by atoms with Crippen LogP contribution >= 0.6 is 0 Å². The van der Waals surface area contributed by atoms with E-state index >= 15 is 0 Å². The van der Waals surface area contributed by atoms with Gasteiger partial charge in [-0.1, -0.05) is 63.5 Å². The van der Waals surface area contributed by atoms with Crippen LogP contribution in [0.5, 0.6) is 0 Å². The summed E-state index contributed by atoms with van der Waals surface area (Å²) in [6.45, 7) is 42.9. The van der Waals surface area contributed by atoms with Crippen molar-refractivity contribution in [2.45, 2.75) is 189 Å². The van der Waals surface area contributed by atoms with Crippen molar-refractivity contribution in [2.24, 2.45) is 5.73 Å². The summed E-state index contributed by atoms with van der Waals surface area (Å²) >= 11 is 0. The molecule has 0 aromatic carbocycles. The Labute approximate surface area is 483 Å². The minimum atomic E-state index is -0.609. The molecule has 6 rings (SSSR count). The first-order chi connectivity index (χ1) is 34.2. The number of nitrogens with one attached hydrogen (secondary N) is 1. The fourth-order valence-corrected chi connectivity index (χ4v) is 7.53. The molecule has 6 aliphatic heterocycles. The molecule has 6 fully saturated rings. The second-order valence-electron chi connectivity index (χ2n) is 22.5. The first-order valence-corrected chi connectivity index (χ1v) is 25.2. The Balaban J connectivity index is -0.000000287. The Bertz CT molecular complexity index is 1890. The molecule has 78 heavy (non-hydrogen) atoms. The Morgan fingerprint density at radius 3 is 1.42 bits per heavy atom. The molecule has 0 aromatic rings. The second-order valence-corrected chi connectivity index (χ2v) is 22.5. The zero-order valence-electron chi connectivity index (χ0n) is 49.5. The summed E-state index contributed by atoms with van der Waals surface area (Å²) in [5.41, 5.74) is 6.40. The number of nitrogens with zero attached hydrogens (tertiary/aromatic N) is 4. The number of hydrogen-bond acceptors (Lipinski definition) is 17. The van der Waals surface area contributed by atoms with E-state index < -0.39 is 52.6 Å². The Hall–Kier alpha value is -4.40. The molecule has 3 radical (unpaired) electrons. The number of amides is 4. The van der Waals surface area contributed by atoms with Crippen LogP contribution in [-0.2, 0) is 42.7 Å². The van der Waals surface area contributed by atoms with E-state index in [9.17, 15) is 28.8 Å². The molecule has 0 saturated carbocycles. The molecule has 0 bridgehead atoms. The van der Waals surface area contributed by atoms with Crippen molar-refractivity contribution in [3.8, 4) is 0 Å². The normalized spacial score (nSPS) is 21.4. The first kappa shape index (κ1) is 80.1. The summed E-state index contributed by atoms with van der Waals surface area (Å²) in [4.78, 5) is 75.8. The van der Waals surface area contributed by atoms with Gasteiger partial charge in [-0.05, 0) is 115 Å². The fourth-order valence-electron chi connectivity index (χ4n) is 7.53. The van der Waals surface area contributed by atoms with E-state index in [0.29, 0.717) is 58.6 Å². The van der Waals surface area contributed by atoms with Crippen LogP contribution in [0.4, 0.5) is 19.2 Å². The van der Waals surface area contributed by atoms with E-state index in [2.05, 4.69) is 36.4 Å². The molecule has 0 aliphatic carbocycles. The molecule has 21 nitrogen and oxygen atoms in total. The smallest absolute Gasteiger partial charge is 1.00 e. The van der Waals surface area contributed by atoms with Gasteiger partial charge in [0.15, 0.2) is 0 Å². The van der Waals surface area contributed by atoms with Gasteiger partial charge in [0.2, 0.25) is 0 Å². The third-order valence-corrected chi connectivity index (χ3v) is 10.6. The van der Waals surface area contributed by atoms with E-state index in [1.165, 1.54) is 34.7 Å². The van der Waals surface area contributed by atoms with Gasteiger partial charge < -0.3 is 55.3 Å². The van der Waals surface area contributed by atoms with Crippen LogP contribution in [0.15, 0.2) is 48.6 Å². The van der Waals surface area contributed by atoms with Crippen molar-refractivity contribution in [3.63, 3.8) is 0 Å². The number of aliphatic hydroxyl groups is 2. The molecule has 6 heterocycles. The minimum absolute atomic E-state index is 0. The molecule has 0 spiro atoms. The summed E-state index contributed by atoms with van der Waals surface area (Å²) < 4.78 is 36.3. The third kappa shape index (κ3) is 31.4. The average Bonchev–Trinajstić information content (AvgIpc) is 4.14. The van der Waals surface area contributed by atoms with Gasteiger partial charge in [0.05, 0.1) is 45.1 Å². The zero-order valence-corrected chi connectivity index (χ0v) is 48.5. The summed E-state index contributed by atoms with van der Waals surface area (Å²) in [6, 6.07) is -1.20. The average molecular weight is 1100 g/mol. The van der Waals surface area contributed by atoms with Crippen molar-refractivity contribution in [2.75, 3.05) is 79.4 Å². The summed E-state index contributed by atoms with van der Waals surface area (Å²) in [5.74, 6) is -0.436. The summed E-state index contributed by atoms with van der Waals surface area (Å²) in [7, 11) is 1.30. The Kier molecular flexibility index (Phi) is 38.5. The van der Waals surface area contributed by atoms with E-state index in [-0.39, 0.29) is 87.3 Å². The van der Waals surface area contributed by atoms with Gasteiger partial charge in [-0.2, -0.15) is 0 Å². The van der Waals surface area contributed by atoms with Crippen LogP contribution in [0.3, 0.4) is 0 Å². The van der Waals surface area contributed by atoms with E-state index in [1.54, 1.807) is 46.4 Å². The number of nitrogens with two attached hydrogens (primary N) is 1. The zero-order chi connectivity index (χ0) is 56.8. The molecule has 1 unspecified atom stereocenters. The predicted molar refractivity (Wildman–Crippen MR) is 301 cm³/mol. The molecule has 6 saturated heterocycles. The minimum Gasteiger partial charge on any atom is -1.00 e. The number of ether oxygens (including phenoxy) is 7. The molecular weight excluding hydrogens is 1000 g/mol. The summed E-state index contributed by atoms with van der Waals surface area (Å²) in [5, 5.41) is 20.1. The number of hydrogen-bond donors (Lipinski definition) is 4. The van der Waals surface area contributed by atoms with E-state index in [4.69, 9.17) is 44.4 Å². The molecule has 4 amide bonds.